The SMILES string of the molecule is CCCC(CCC)NCC1CCCCN1C(=O)OC(C)(C)C. The number of piperidine rings is 1. The van der Waals surface area contributed by atoms with Crippen molar-refractivity contribution in [2.24, 2.45) is 0 Å². The highest BCUT2D eigenvalue weighted by Crippen LogP contribution is 2.20. The average Bonchev–Trinajstić information content (AvgIpc) is 2.44. The number of nitrogens with one attached hydrogen (secondary N) is 1. The maximum absolute atomic E-state index is 12.4. The predicted molar refractivity (Wildman–Crippen MR) is 92.2 cm³/mol. The first-order chi connectivity index (χ1) is 10.4. The summed E-state index contributed by atoms with van der Waals surface area (Å²) in [6.07, 6.45) is 8.07. The zero-order valence-electron chi connectivity index (χ0n) is 15.3. The molecule has 1 amide bonds. The van der Waals surface area contributed by atoms with Gasteiger partial charge in [0.1, 0.15) is 5.60 Å². The molecule has 0 saturated carbocycles. The number of carbonyl (C=O) groups excluding carboxylic acids is 1. The molecule has 130 valence electrons. The molecule has 0 aromatic heterocycles. The van der Waals surface area contributed by atoms with Crippen molar-refractivity contribution in [2.45, 2.75) is 97.2 Å². The molecule has 1 aliphatic rings. The van der Waals surface area contributed by atoms with Gasteiger partial charge in [-0.25, -0.2) is 4.79 Å². The highest BCUT2D eigenvalue weighted by molar-refractivity contribution is 5.68. The number of hydrogen-bond acceptors (Lipinski definition) is 3. The van der Waals surface area contributed by atoms with Crippen molar-refractivity contribution in [1.29, 1.82) is 0 Å². The number of rotatable bonds is 7. The summed E-state index contributed by atoms with van der Waals surface area (Å²) in [5.74, 6) is 0. The van der Waals surface area contributed by atoms with Gasteiger partial charge in [0, 0.05) is 25.2 Å². The van der Waals surface area contributed by atoms with E-state index in [4.69, 9.17) is 4.74 Å². The van der Waals surface area contributed by atoms with E-state index in [1.807, 2.05) is 25.7 Å². The van der Waals surface area contributed by atoms with E-state index >= 15 is 0 Å². The molecule has 1 fully saturated rings. The summed E-state index contributed by atoms with van der Waals surface area (Å²) >= 11 is 0. The second-order valence-electron chi connectivity index (χ2n) is 7.51. The minimum atomic E-state index is -0.417. The minimum absolute atomic E-state index is 0.151. The predicted octanol–water partition coefficient (Wildman–Crippen LogP) is 4.33. The van der Waals surface area contributed by atoms with Gasteiger partial charge >= 0.3 is 6.09 Å². The first-order valence-electron chi connectivity index (χ1n) is 9.10. The van der Waals surface area contributed by atoms with Crippen molar-refractivity contribution in [3.05, 3.63) is 0 Å². The number of ether oxygens (including phenoxy) is 1. The lowest BCUT2D eigenvalue weighted by Gasteiger charge is -2.37. The van der Waals surface area contributed by atoms with Gasteiger partial charge in [-0.2, -0.15) is 0 Å². The third-order valence-electron chi connectivity index (χ3n) is 4.17. The van der Waals surface area contributed by atoms with Crippen LogP contribution in [0.5, 0.6) is 0 Å². The topological polar surface area (TPSA) is 41.6 Å². The van der Waals surface area contributed by atoms with E-state index in [0.717, 1.165) is 25.9 Å². The fourth-order valence-corrected chi connectivity index (χ4v) is 3.12. The Bertz CT molecular complexity index is 320. The molecule has 0 radical (unpaired) electrons. The van der Waals surface area contributed by atoms with Crippen molar-refractivity contribution in [3.63, 3.8) is 0 Å². The van der Waals surface area contributed by atoms with Crippen LogP contribution in [0.25, 0.3) is 0 Å². The van der Waals surface area contributed by atoms with Crippen LogP contribution >= 0.6 is 0 Å². The van der Waals surface area contributed by atoms with E-state index < -0.39 is 5.60 Å². The van der Waals surface area contributed by atoms with Crippen LogP contribution in [0.4, 0.5) is 4.79 Å². The number of nitrogens with zero attached hydrogens (tertiary/aromatic N) is 1. The van der Waals surface area contributed by atoms with E-state index in [-0.39, 0.29) is 12.1 Å². The van der Waals surface area contributed by atoms with Gasteiger partial charge in [-0.05, 0) is 52.9 Å². The second-order valence-corrected chi connectivity index (χ2v) is 7.51. The van der Waals surface area contributed by atoms with Crippen LogP contribution in [0.2, 0.25) is 0 Å². The number of amides is 1. The van der Waals surface area contributed by atoms with Crippen LogP contribution in [-0.2, 0) is 4.74 Å². The standard InChI is InChI=1S/C18H36N2O2/c1-6-10-15(11-7-2)19-14-16-12-8-9-13-20(16)17(21)22-18(3,4)5/h15-16,19H,6-14H2,1-5H3. The van der Waals surface area contributed by atoms with E-state index in [1.54, 1.807) is 0 Å². The third kappa shape index (κ3) is 6.99. The zero-order valence-corrected chi connectivity index (χ0v) is 15.3. The molecule has 0 aromatic carbocycles. The van der Waals surface area contributed by atoms with E-state index in [2.05, 4.69) is 19.2 Å². The molecule has 4 heteroatoms. The minimum Gasteiger partial charge on any atom is -0.444 e. The molecule has 0 aliphatic carbocycles. The summed E-state index contributed by atoms with van der Waals surface area (Å²) < 4.78 is 5.57. The molecule has 0 spiro atoms. The summed E-state index contributed by atoms with van der Waals surface area (Å²) in [5, 5.41) is 3.69. The molecule has 0 aromatic rings. The second kappa shape index (κ2) is 9.39. The molecule has 1 saturated heterocycles. The smallest absolute Gasteiger partial charge is 0.410 e. The van der Waals surface area contributed by atoms with Gasteiger partial charge in [0.2, 0.25) is 0 Å². The molecule has 4 nitrogen and oxygen atoms in total. The number of hydrogen-bond donors (Lipinski definition) is 1. The summed E-state index contributed by atoms with van der Waals surface area (Å²) in [5.41, 5.74) is -0.417. The average molecular weight is 312 g/mol. The van der Waals surface area contributed by atoms with Crippen LogP contribution in [0, 0.1) is 0 Å². The molecule has 1 rings (SSSR count). The molecule has 22 heavy (non-hydrogen) atoms. The van der Waals surface area contributed by atoms with Crippen molar-refractivity contribution < 1.29 is 9.53 Å². The van der Waals surface area contributed by atoms with Gasteiger partial charge in [0.05, 0.1) is 0 Å². The van der Waals surface area contributed by atoms with Crippen LogP contribution in [-0.4, -0.2) is 41.8 Å². The Balaban J connectivity index is 2.55. The van der Waals surface area contributed by atoms with Crippen molar-refractivity contribution in [1.82, 2.24) is 10.2 Å². The third-order valence-corrected chi connectivity index (χ3v) is 4.17. The van der Waals surface area contributed by atoms with Crippen molar-refractivity contribution >= 4 is 6.09 Å². The van der Waals surface area contributed by atoms with Crippen molar-refractivity contribution in [3.8, 4) is 0 Å². The molecule has 1 N–H and O–H groups in total. The summed E-state index contributed by atoms with van der Waals surface area (Å²) in [6.45, 7) is 12.0. The van der Waals surface area contributed by atoms with Gasteiger partial charge < -0.3 is 15.0 Å². The monoisotopic (exact) mass is 312 g/mol. The first kappa shape index (κ1) is 19.3. The van der Waals surface area contributed by atoms with Crippen LogP contribution in [0.3, 0.4) is 0 Å². The maximum Gasteiger partial charge on any atom is 0.410 e. The zero-order chi connectivity index (χ0) is 16.6. The molecule has 1 atom stereocenters. The van der Waals surface area contributed by atoms with Gasteiger partial charge in [0.25, 0.3) is 0 Å². The summed E-state index contributed by atoms with van der Waals surface area (Å²) in [7, 11) is 0. The fourth-order valence-electron chi connectivity index (χ4n) is 3.12. The van der Waals surface area contributed by atoms with Crippen LogP contribution < -0.4 is 5.32 Å². The molecular weight excluding hydrogens is 276 g/mol. The maximum atomic E-state index is 12.4. The van der Waals surface area contributed by atoms with Gasteiger partial charge in [-0.1, -0.05) is 26.7 Å². The molecule has 0 bridgehead atoms. The van der Waals surface area contributed by atoms with E-state index in [9.17, 15) is 4.79 Å². The van der Waals surface area contributed by atoms with Crippen LogP contribution in [0.15, 0.2) is 0 Å². The number of likely N-dealkylation sites (tertiary alicyclic amines) is 1. The lowest BCUT2D eigenvalue weighted by molar-refractivity contribution is 0.00959. The number of carbonyl (C=O) groups is 1. The molecule has 1 unspecified atom stereocenters. The van der Waals surface area contributed by atoms with E-state index in [1.165, 1.54) is 32.1 Å². The molecular formula is C18H36N2O2. The Kier molecular flexibility index (Phi) is 8.23. The largest absolute Gasteiger partial charge is 0.444 e. The Hall–Kier alpha value is -0.770. The van der Waals surface area contributed by atoms with Gasteiger partial charge in [-0.3, -0.25) is 0 Å². The van der Waals surface area contributed by atoms with Gasteiger partial charge in [-0.15, -0.1) is 0 Å². The van der Waals surface area contributed by atoms with Gasteiger partial charge in [0.15, 0.2) is 0 Å². The first-order valence-corrected chi connectivity index (χ1v) is 9.10. The lowest BCUT2D eigenvalue weighted by Crippen LogP contribution is -2.51. The molecule has 1 aliphatic heterocycles. The molecule has 1 heterocycles. The Morgan fingerprint density at radius 3 is 2.41 bits per heavy atom. The quantitative estimate of drug-likeness (QED) is 0.760. The highest BCUT2D eigenvalue weighted by atomic mass is 16.6. The van der Waals surface area contributed by atoms with E-state index in [0.29, 0.717) is 6.04 Å². The van der Waals surface area contributed by atoms with Crippen molar-refractivity contribution in [2.75, 3.05) is 13.1 Å². The summed E-state index contributed by atoms with van der Waals surface area (Å²) in [4.78, 5) is 14.3. The fraction of sp³-hybridized carbons (Fsp3) is 0.944. The van der Waals surface area contributed by atoms with Crippen LogP contribution in [0.1, 0.15) is 79.6 Å². The Morgan fingerprint density at radius 1 is 1.23 bits per heavy atom. The Morgan fingerprint density at radius 2 is 1.86 bits per heavy atom. The summed E-state index contributed by atoms with van der Waals surface area (Å²) in [6, 6.07) is 0.859. The highest BCUT2D eigenvalue weighted by Gasteiger charge is 2.30. The normalized spacial score (nSPS) is 19.5. The Labute approximate surface area is 137 Å². The lowest BCUT2D eigenvalue weighted by atomic mass is 10.0.